The predicted octanol–water partition coefficient (Wildman–Crippen LogP) is 5.53. The van der Waals surface area contributed by atoms with Crippen LogP contribution in [0.3, 0.4) is 0 Å². The van der Waals surface area contributed by atoms with Gasteiger partial charge in [0.25, 0.3) is 0 Å². The Kier molecular flexibility index (Phi) is 5.90. The summed E-state index contributed by atoms with van der Waals surface area (Å²) < 4.78 is 0. The molecule has 0 atom stereocenters. The number of anilines is 1. The van der Waals surface area contributed by atoms with Crippen molar-refractivity contribution in [3.05, 3.63) is 84.4 Å². The molecule has 0 heterocycles. The molecular formula is C25H28NP. The van der Waals surface area contributed by atoms with Crippen molar-refractivity contribution in [2.75, 3.05) is 12.4 Å². The van der Waals surface area contributed by atoms with E-state index in [4.69, 9.17) is 0 Å². The minimum Gasteiger partial charge on any atom is -0.387 e. The Morgan fingerprint density at radius 1 is 0.704 bits per heavy atom. The number of benzene rings is 3. The lowest BCUT2D eigenvalue weighted by molar-refractivity contribution is 0.444. The SMILES string of the molecule is CNc1c(C2CCCCC2)cccc1P(c1ccccc1)c1ccccc1. The second-order valence-electron chi connectivity index (χ2n) is 7.33. The zero-order valence-corrected chi connectivity index (χ0v) is 17.0. The number of hydrogen-bond donors (Lipinski definition) is 1. The third kappa shape index (κ3) is 3.94. The lowest BCUT2D eigenvalue weighted by atomic mass is 9.83. The first-order valence-electron chi connectivity index (χ1n) is 10.1. The first kappa shape index (κ1) is 18.3. The van der Waals surface area contributed by atoms with E-state index in [0.29, 0.717) is 5.92 Å². The quantitative estimate of drug-likeness (QED) is 0.580. The third-order valence-electron chi connectivity index (χ3n) is 5.64. The minimum atomic E-state index is -0.572. The van der Waals surface area contributed by atoms with Crippen molar-refractivity contribution >= 4 is 29.5 Å². The first-order chi connectivity index (χ1) is 13.4. The Bertz CT molecular complexity index is 815. The smallest absolute Gasteiger partial charge is 0.0457 e. The van der Waals surface area contributed by atoms with E-state index in [1.165, 1.54) is 59.3 Å². The maximum atomic E-state index is 3.60. The second-order valence-corrected chi connectivity index (χ2v) is 9.52. The van der Waals surface area contributed by atoms with E-state index in [9.17, 15) is 0 Å². The largest absolute Gasteiger partial charge is 0.387 e. The Morgan fingerprint density at radius 3 is 1.85 bits per heavy atom. The standard InChI is InChI=1S/C25H28NP/c1-26-25-23(20-12-5-2-6-13-20)18-11-19-24(25)27(21-14-7-3-8-15-21)22-16-9-4-10-17-22/h3-4,7-11,14-20,26H,2,5-6,12-13H2,1H3. The van der Waals surface area contributed by atoms with E-state index < -0.39 is 7.92 Å². The van der Waals surface area contributed by atoms with Crippen LogP contribution in [-0.4, -0.2) is 7.05 Å². The van der Waals surface area contributed by atoms with Crippen molar-refractivity contribution in [3.8, 4) is 0 Å². The minimum absolute atomic E-state index is 0.572. The van der Waals surface area contributed by atoms with Gasteiger partial charge in [0.2, 0.25) is 0 Å². The predicted molar refractivity (Wildman–Crippen MR) is 121 cm³/mol. The molecule has 1 aliphatic rings. The number of rotatable bonds is 5. The molecule has 2 heteroatoms. The highest BCUT2D eigenvalue weighted by Gasteiger charge is 2.24. The molecule has 0 aliphatic heterocycles. The van der Waals surface area contributed by atoms with Crippen LogP contribution in [0.2, 0.25) is 0 Å². The molecule has 0 amide bonds. The molecular weight excluding hydrogens is 345 g/mol. The van der Waals surface area contributed by atoms with Crippen molar-refractivity contribution in [1.82, 2.24) is 0 Å². The van der Waals surface area contributed by atoms with Gasteiger partial charge in [0.05, 0.1) is 0 Å². The summed E-state index contributed by atoms with van der Waals surface area (Å²) in [5.41, 5.74) is 2.89. The van der Waals surface area contributed by atoms with Crippen LogP contribution < -0.4 is 21.2 Å². The van der Waals surface area contributed by atoms with E-state index in [-0.39, 0.29) is 0 Å². The van der Waals surface area contributed by atoms with Gasteiger partial charge in [-0.15, -0.1) is 0 Å². The molecule has 0 bridgehead atoms. The second kappa shape index (κ2) is 8.72. The summed E-state index contributed by atoms with van der Waals surface area (Å²) in [6.07, 6.45) is 6.78. The van der Waals surface area contributed by atoms with Crippen LogP contribution in [0.4, 0.5) is 5.69 Å². The fourth-order valence-corrected chi connectivity index (χ4v) is 6.85. The Labute approximate surface area is 164 Å². The van der Waals surface area contributed by atoms with Crippen LogP contribution in [0.25, 0.3) is 0 Å². The van der Waals surface area contributed by atoms with Crippen LogP contribution in [0.15, 0.2) is 78.9 Å². The van der Waals surface area contributed by atoms with Crippen molar-refractivity contribution in [2.24, 2.45) is 0 Å². The van der Waals surface area contributed by atoms with Gasteiger partial charge in [0.15, 0.2) is 0 Å². The zero-order valence-electron chi connectivity index (χ0n) is 16.1. The summed E-state index contributed by atoms with van der Waals surface area (Å²) in [7, 11) is 1.52. The molecule has 1 aliphatic carbocycles. The van der Waals surface area contributed by atoms with E-state index >= 15 is 0 Å². The summed E-state index contributed by atoms with van der Waals surface area (Å²) in [6, 6.07) is 29.0. The fraction of sp³-hybridized carbons (Fsp3) is 0.280. The molecule has 1 fully saturated rings. The summed E-state index contributed by atoms with van der Waals surface area (Å²) in [6.45, 7) is 0. The summed E-state index contributed by atoms with van der Waals surface area (Å²) >= 11 is 0. The Morgan fingerprint density at radius 2 is 1.30 bits per heavy atom. The normalized spacial score (nSPS) is 15.0. The molecule has 3 aromatic rings. The summed E-state index contributed by atoms with van der Waals surface area (Å²) in [5.74, 6) is 0.699. The maximum absolute atomic E-state index is 3.60. The van der Waals surface area contributed by atoms with Gasteiger partial charge in [-0.2, -0.15) is 0 Å². The fourth-order valence-electron chi connectivity index (χ4n) is 4.35. The van der Waals surface area contributed by atoms with E-state index in [2.05, 4.69) is 91.2 Å². The van der Waals surface area contributed by atoms with Crippen molar-refractivity contribution in [2.45, 2.75) is 38.0 Å². The van der Waals surface area contributed by atoms with Gasteiger partial charge in [-0.3, -0.25) is 0 Å². The van der Waals surface area contributed by atoms with E-state index in [0.717, 1.165) is 0 Å². The molecule has 0 unspecified atom stereocenters. The average molecular weight is 373 g/mol. The lowest BCUT2D eigenvalue weighted by Crippen LogP contribution is -2.24. The average Bonchev–Trinajstić information content (AvgIpc) is 2.76. The van der Waals surface area contributed by atoms with Crippen LogP contribution in [0.5, 0.6) is 0 Å². The van der Waals surface area contributed by atoms with Gasteiger partial charge in [-0.25, -0.2) is 0 Å². The summed E-state index contributed by atoms with van der Waals surface area (Å²) in [5, 5.41) is 7.88. The molecule has 1 N–H and O–H groups in total. The van der Waals surface area contributed by atoms with Gasteiger partial charge in [-0.05, 0) is 42.9 Å². The topological polar surface area (TPSA) is 12.0 Å². The van der Waals surface area contributed by atoms with Gasteiger partial charge in [0, 0.05) is 18.0 Å². The first-order valence-corrected chi connectivity index (χ1v) is 11.4. The molecule has 27 heavy (non-hydrogen) atoms. The van der Waals surface area contributed by atoms with Gasteiger partial charge < -0.3 is 5.32 Å². The molecule has 1 saturated carbocycles. The van der Waals surface area contributed by atoms with Crippen molar-refractivity contribution < 1.29 is 0 Å². The highest BCUT2D eigenvalue weighted by molar-refractivity contribution is 7.80. The molecule has 1 nitrogen and oxygen atoms in total. The molecule has 0 radical (unpaired) electrons. The van der Waals surface area contributed by atoms with Crippen LogP contribution in [0.1, 0.15) is 43.6 Å². The van der Waals surface area contributed by atoms with Crippen molar-refractivity contribution in [3.63, 3.8) is 0 Å². The van der Waals surface area contributed by atoms with Gasteiger partial charge >= 0.3 is 0 Å². The van der Waals surface area contributed by atoms with Crippen LogP contribution in [0, 0.1) is 0 Å². The zero-order chi connectivity index (χ0) is 18.5. The van der Waals surface area contributed by atoms with Gasteiger partial charge in [-0.1, -0.05) is 98.1 Å². The van der Waals surface area contributed by atoms with Crippen molar-refractivity contribution in [1.29, 1.82) is 0 Å². The number of para-hydroxylation sites is 1. The molecule has 3 aromatic carbocycles. The Hall–Kier alpha value is -2.11. The molecule has 0 spiro atoms. The van der Waals surface area contributed by atoms with Crippen LogP contribution >= 0.6 is 7.92 Å². The molecule has 0 saturated heterocycles. The van der Waals surface area contributed by atoms with Gasteiger partial charge in [0.1, 0.15) is 0 Å². The lowest BCUT2D eigenvalue weighted by Gasteiger charge is -2.28. The number of nitrogens with one attached hydrogen (secondary N) is 1. The summed E-state index contributed by atoms with van der Waals surface area (Å²) in [4.78, 5) is 0. The monoisotopic (exact) mass is 373 g/mol. The maximum Gasteiger partial charge on any atom is 0.0457 e. The molecule has 4 rings (SSSR count). The highest BCUT2D eigenvalue weighted by Crippen LogP contribution is 2.41. The Balaban J connectivity index is 1.85. The highest BCUT2D eigenvalue weighted by atomic mass is 31.1. The van der Waals surface area contributed by atoms with Crippen LogP contribution in [-0.2, 0) is 0 Å². The number of hydrogen-bond acceptors (Lipinski definition) is 1. The van der Waals surface area contributed by atoms with E-state index in [1.54, 1.807) is 0 Å². The molecule has 138 valence electrons. The third-order valence-corrected chi connectivity index (χ3v) is 8.12. The molecule has 0 aromatic heterocycles. The van der Waals surface area contributed by atoms with E-state index in [1.807, 2.05) is 0 Å².